The number of hydrogen-bond acceptors (Lipinski definition) is 2. The molecule has 0 radical (unpaired) electrons. The normalized spacial score (nSPS) is 12.5. The molecule has 15 heavy (non-hydrogen) atoms. The summed E-state index contributed by atoms with van der Waals surface area (Å²) in [5, 5.41) is 3.27. The number of anilines is 1. The van der Waals surface area contributed by atoms with Crippen LogP contribution in [0.5, 0.6) is 0 Å². The second-order valence-electron chi connectivity index (χ2n) is 3.46. The van der Waals surface area contributed by atoms with Gasteiger partial charge in [0.2, 0.25) is 0 Å². The van der Waals surface area contributed by atoms with Crippen molar-refractivity contribution in [3.8, 4) is 0 Å². The molecular formula is C11H15BrFNO. The van der Waals surface area contributed by atoms with E-state index in [9.17, 15) is 4.39 Å². The molecular weight excluding hydrogens is 261 g/mol. The average molecular weight is 276 g/mol. The van der Waals surface area contributed by atoms with Gasteiger partial charge >= 0.3 is 0 Å². The summed E-state index contributed by atoms with van der Waals surface area (Å²) in [7, 11) is 1.68. The van der Waals surface area contributed by atoms with Crippen LogP contribution >= 0.6 is 15.9 Å². The van der Waals surface area contributed by atoms with Crippen molar-refractivity contribution >= 4 is 21.6 Å². The zero-order valence-corrected chi connectivity index (χ0v) is 10.5. The predicted octanol–water partition coefficient (Wildman–Crippen LogP) is 3.43. The molecule has 0 saturated heterocycles. The third kappa shape index (κ3) is 4.18. The third-order valence-electron chi connectivity index (χ3n) is 2.09. The van der Waals surface area contributed by atoms with Gasteiger partial charge in [-0.15, -0.1) is 0 Å². The van der Waals surface area contributed by atoms with E-state index in [0.29, 0.717) is 10.5 Å². The molecule has 0 heterocycles. The van der Waals surface area contributed by atoms with Gasteiger partial charge in [0, 0.05) is 25.4 Å². The molecule has 0 amide bonds. The third-order valence-corrected chi connectivity index (χ3v) is 2.70. The Morgan fingerprint density at radius 2 is 2.27 bits per heavy atom. The standard InChI is InChI=1S/C11H15BrFNO/c1-8(5-6-15-2)14-9-3-4-11(13)10(12)7-9/h3-4,7-8,14H,5-6H2,1-2H3. The molecule has 0 aliphatic heterocycles. The van der Waals surface area contributed by atoms with Crippen LogP contribution in [0.4, 0.5) is 10.1 Å². The van der Waals surface area contributed by atoms with Crippen molar-refractivity contribution in [2.45, 2.75) is 19.4 Å². The fourth-order valence-electron chi connectivity index (χ4n) is 1.24. The highest BCUT2D eigenvalue weighted by Gasteiger charge is 2.04. The number of methoxy groups -OCH3 is 1. The van der Waals surface area contributed by atoms with Crippen molar-refractivity contribution in [2.75, 3.05) is 19.0 Å². The van der Waals surface area contributed by atoms with E-state index in [1.54, 1.807) is 19.2 Å². The lowest BCUT2D eigenvalue weighted by molar-refractivity contribution is 0.191. The molecule has 0 spiro atoms. The molecule has 4 heteroatoms. The SMILES string of the molecule is COCCC(C)Nc1ccc(F)c(Br)c1. The highest BCUT2D eigenvalue weighted by molar-refractivity contribution is 9.10. The minimum Gasteiger partial charge on any atom is -0.385 e. The first-order valence-corrected chi connectivity index (χ1v) is 5.63. The summed E-state index contributed by atoms with van der Waals surface area (Å²) >= 11 is 3.15. The van der Waals surface area contributed by atoms with E-state index in [1.807, 2.05) is 0 Å². The van der Waals surface area contributed by atoms with Gasteiger partial charge in [0.1, 0.15) is 5.82 Å². The summed E-state index contributed by atoms with van der Waals surface area (Å²) in [6.45, 7) is 2.78. The number of hydrogen-bond donors (Lipinski definition) is 1. The van der Waals surface area contributed by atoms with Gasteiger partial charge in [-0.1, -0.05) is 0 Å². The van der Waals surface area contributed by atoms with Crippen molar-refractivity contribution in [1.29, 1.82) is 0 Å². The van der Waals surface area contributed by atoms with Gasteiger partial charge in [0.15, 0.2) is 0 Å². The van der Waals surface area contributed by atoms with Crippen molar-refractivity contribution in [2.24, 2.45) is 0 Å². The Labute approximate surface area is 98.0 Å². The van der Waals surface area contributed by atoms with Crippen LogP contribution < -0.4 is 5.32 Å². The first-order valence-electron chi connectivity index (χ1n) is 4.84. The van der Waals surface area contributed by atoms with Crippen LogP contribution in [0.15, 0.2) is 22.7 Å². The van der Waals surface area contributed by atoms with Gasteiger partial charge in [0.05, 0.1) is 4.47 Å². The fraction of sp³-hybridized carbons (Fsp3) is 0.455. The highest BCUT2D eigenvalue weighted by atomic mass is 79.9. The summed E-state index contributed by atoms with van der Waals surface area (Å²) in [4.78, 5) is 0. The summed E-state index contributed by atoms with van der Waals surface area (Å²) < 4.78 is 18.4. The molecule has 1 aromatic carbocycles. The highest BCUT2D eigenvalue weighted by Crippen LogP contribution is 2.20. The van der Waals surface area contributed by atoms with E-state index in [0.717, 1.165) is 18.7 Å². The second kappa shape index (κ2) is 6.08. The maximum Gasteiger partial charge on any atom is 0.137 e. The van der Waals surface area contributed by atoms with Gasteiger partial charge in [0.25, 0.3) is 0 Å². The van der Waals surface area contributed by atoms with Crippen LogP contribution in [0.3, 0.4) is 0 Å². The van der Waals surface area contributed by atoms with Crippen LogP contribution in [-0.2, 0) is 4.74 Å². The zero-order chi connectivity index (χ0) is 11.3. The van der Waals surface area contributed by atoms with Gasteiger partial charge in [-0.25, -0.2) is 4.39 Å². The van der Waals surface area contributed by atoms with E-state index in [2.05, 4.69) is 28.2 Å². The van der Waals surface area contributed by atoms with E-state index in [1.165, 1.54) is 6.07 Å². The van der Waals surface area contributed by atoms with Crippen molar-refractivity contribution in [3.63, 3.8) is 0 Å². The van der Waals surface area contributed by atoms with Gasteiger partial charge < -0.3 is 10.1 Å². The van der Waals surface area contributed by atoms with Gasteiger partial charge in [-0.3, -0.25) is 0 Å². The Balaban J connectivity index is 2.53. The Morgan fingerprint density at radius 1 is 1.53 bits per heavy atom. The van der Waals surface area contributed by atoms with E-state index in [4.69, 9.17) is 4.74 Å². The smallest absolute Gasteiger partial charge is 0.137 e. The first-order chi connectivity index (χ1) is 7.13. The summed E-state index contributed by atoms with van der Waals surface area (Å²) in [5.41, 5.74) is 0.909. The topological polar surface area (TPSA) is 21.3 Å². The Bertz CT molecular complexity index is 319. The van der Waals surface area contributed by atoms with E-state index in [-0.39, 0.29) is 5.82 Å². The number of rotatable bonds is 5. The second-order valence-corrected chi connectivity index (χ2v) is 4.31. The number of halogens is 2. The van der Waals surface area contributed by atoms with Crippen LogP contribution in [0, 0.1) is 5.82 Å². The lowest BCUT2D eigenvalue weighted by atomic mass is 10.2. The molecule has 0 fully saturated rings. The van der Waals surface area contributed by atoms with E-state index < -0.39 is 0 Å². The molecule has 0 saturated carbocycles. The molecule has 84 valence electrons. The van der Waals surface area contributed by atoms with Crippen molar-refractivity contribution in [1.82, 2.24) is 0 Å². The molecule has 1 rings (SSSR count). The van der Waals surface area contributed by atoms with Crippen LogP contribution in [0.25, 0.3) is 0 Å². The molecule has 0 bridgehead atoms. The zero-order valence-electron chi connectivity index (χ0n) is 8.89. The maximum atomic E-state index is 12.9. The molecule has 1 unspecified atom stereocenters. The quantitative estimate of drug-likeness (QED) is 0.889. The van der Waals surface area contributed by atoms with Crippen LogP contribution in [0.1, 0.15) is 13.3 Å². The molecule has 0 aromatic heterocycles. The van der Waals surface area contributed by atoms with Crippen molar-refractivity contribution in [3.05, 3.63) is 28.5 Å². The van der Waals surface area contributed by atoms with Crippen LogP contribution in [-0.4, -0.2) is 19.8 Å². The molecule has 0 aliphatic rings. The number of benzene rings is 1. The predicted molar refractivity (Wildman–Crippen MR) is 63.7 cm³/mol. The summed E-state index contributed by atoms with van der Waals surface area (Å²) in [5.74, 6) is -0.245. The number of ether oxygens (including phenoxy) is 1. The average Bonchev–Trinajstić information content (AvgIpc) is 2.20. The Hall–Kier alpha value is -0.610. The van der Waals surface area contributed by atoms with E-state index >= 15 is 0 Å². The van der Waals surface area contributed by atoms with Gasteiger partial charge in [-0.2, -0.15) is 0 Å². The molecule has 1 aromatic rings. The minimum absolute atomic E-state index is 0.245. The van der Waals surface area contributed by atoms with Crippen LogP contribution in [0.2, 0.25) is 0 Å². The minimum atomic E-state index is -0.245. The molecule has 0 aliphatic carbocycles. The fourth-order valence-corrected chi connectivity index (χ4v) is 1.62. The summed E-state index contributed by atoms with van der Waals surface area (Å²) in [6.07, 6.45) is 0.922. The largest absolute Gasteiger partial charge is 0.385 e. The maximum absolute atomic E-state index is 12.9. The first kappa shape index (κ1) is 12.5. The Kier molecular flexibility index (Phi) is 5.05. The molecule has 2 nitrogen and oxygen atoms in total. The number of nitrogens with one attached hydrogen (secondary N) is 1. The van der Waals surface area contributed by atoms with Crippen molar-refractivity contribution < 1.29 is 9.13 Å². The lowest BCUT2D eigenvalue weighted by Gasteiger charge is -2.14. The summed E-state index contributed by atoms with van der Waals surface area (Å²) in [6, 6.07) is 5.21. The van der Waals surface area contributed by atoms with Gasteiger partial charge in [-0.05, 0) is 47.5 Å². The molecule has 1 atom stereocenters. The Morgan fingerprint density at radius 3 is 2.87 bits per heavy atom. The monoisotopic (exact) mass is 275 g/mol. The lowest BCUT2D eigenvalue weighted by Crippen LogP contribution is -2.17. The molecule has 1 N–H and O–H groups in total.